The zero-order chi connectivity index (χ0) is 44.4. The number of carbonyl (C=O) groups excluding carboxylic acids is 3. The molecule has 0 aromatic rings. The second kappa shape index (κ2) is 49.5. The molecule has 6 nitrogen and oxygen atoms in total. The topological polar surface area (TPSA) is 78.9 Å². The molecule has 0 saturated carbocycles. The highest BCUT2D eigenvalue weighted by Crippen LogP contribution is 2.14. The van der Waals surface area contributed by atoms with Gasteiger partial charge in [-0.2, -0.15) is 0 Å². The van der Waals surface area contributed by atoms with E-state index in [2.05, 4.69) is 93.7 Å². The molecule has 0 aliphatic carbocycles. The SMILES string of the molecule is CC/C=C\C/C=C\C/C=C\C/C=C\CCCCCCCCCCCCC(=O)OCC(COC(=O)CCCCCCCC)OC(=O)CCCCCCC/C=C\C/C=C\CCCC. The molecule has 1 atom stereocenters. The van der Waals surface area contributed by atoms with E-state index in [0.29, 0.717) is 19.3 Å². The molecule has 0 fully saturated rings. The van der Waals surface area contributed by atoms with Gasteiger partial charge in [0.2, 0.25) is 0 Å². The quantitative estimate of drug-likeness (QED) is 0.0263. The molecule has 1 unspecified atom stereocenters. The number of hydrogen-bond donors (Lipinski definition) is 0. The van der Waals surface area contributed by atoms with Gasteiger partial charge in [0.15, 0.2) is 6.10 Å². The number of esters is 3. The molecule has 6 heteroatoms. The van der Waals surface area contributed by atoms with Crippen LogP contribution < -0.4 is 0 Å². The molecule has 0 N–H and O–H groups in total. The number of rotatable bonds is 45. The van der Waals surface area contributed by atoms with Gasteiger partial charge in [0.25, 0.3) is 0 Å². The van der Waals surface area contributed by atoms with Crippen molar-refractivity contribution in [2.75, 3.05) is 13.2 Å². The minimum absolute atomic E-state index is 0.0823. The number of carbonyl (C=O) groups is 3. The van der Waals surface area contributed by atoms with E-state index in [4.69, 9.17) is 14.2 Å². The highest BCUT2D eigenvalue weighted by Gasteiger charge is 2.19. The summed E-state index contributed by atoms with van der Waals surface area (Å²) in [4.78, 5) is 37.7. The summed E-state index contributed by atoms with van der Waals surface area (Å²) in [7, 11) is 0. The Balaban J connectivity index is 4.19. The standard InChI is InChI=1S/C55H94O6/c1-4-7-10-13-16-18-20-22-24-25-26-27-28-29-30-31-32-34-35-37-39-42-45-48-54(57)60-51-52(50-59-53(56)47-44-41-15-12-9-6-3)61-55(58)49-46-43-40-38-36-33-23-21-19-17-14-11-8-5-2/h7,10,14,16-18,21-24,26-27,52H,4-6,8-9,11-13,15,19-20,25,28-51H2,1-3H3/b10-7-,17-14-,18-16-,23-21-,24-22-,27-26-. The van der Waals surface area contributed by atoms with Crippen LogP contribution in [0.3, 0.4) is 0 Å². The van der Waals surface area contributed by atoms with E-state index in [0.717, 1.165) is 109 Å². The van der Waals surface area contributed by atoms with Crippen LogP contribution in [0.25, 0.3) is 0 Å². The minimum Gasteiger partial charge on any atom is -0.462 e. The van der Waals surface area contributed by atoms with Crippen molar-refractivity contribution in [3.8, 4) is 0 Å². The lowest BCUT2D eigenvalue weighted by atomic mass is 10.1. The largest absolute Gasteiger partial charge is 0.462 e. The van der Waals surface area contributed by atoms with Crippen molar-refractivity contribution < 1.29 is 28.6 Å². The van der Waals surface area contributed by atoms with Gasteiger partial charge in [-0.05, 0) is 83.5 Å². The fourth-order valence-electron chi connectivity index (χ4n) is 6.86. The summed E-state index contributed by atoms with van der Waals surface area (Å²) >= 11 is 0. The predicted octanol–water partition coefficient (Wildman–Crippen LogP) is 16.6. The molecule has 0 rings (SSSR count). The van der Waals surface area contributed by atoms with E-state index in [1.807, 2.05) is 0 Å². The van der Waals surface area contributed by atoms with Crippen LogP contribution in [-0.2, 0) is 28.6 Å². The van der Waals surface area contributed by atoms with Crippen molar-refractivity contribution in [2.24, 2.45) is 0 Å². The first-order chi connectivity index (χ1) is 30.0. The Bertz CT molecular complexity index is 1160. The summed E-state index contributed by atoms with van der Waals surface area (Å²) in [5, 5.41) is 0. The van der Waals surface area contributed by atoms with E-state index in [-0.39, 0.29) is 31.1 Å². The summed E-state index contributed by atoms with van der Waals surface area (Å²) < 4.78 is 16.7. The van der Waals surface area contributed by atoms with Crippen LogP contribution in [0.2, 0.25) is 0 Å². The van der Waals surface area contributed by atoms with Crippen molar-refractivity contribution in [3.05, 3.63) is 72.9 Å². The smallest absolute Gasteiger partial charge is 0.306 e. The zero-order valence-corrected chi connectivity index (χ0v) is 39.9. The monoisotopic (exact) mass is 851 g/mol. The molecule has 0 aromatic heterocycles. The average molecular weight is 851 g/mol. The molecule has 61 heavy (non-hydrogen) atoms. The van der Waals surface area contributed by atoms with Crippen LogP contribution >= 0.6 is 0 Å². The number of hydrogen-bond acceptors (Lipinski definition) is 6. The highest BCUT2D eigenvalue weighted by molar-refractivity contribution is 5.71. The van der Waals surface area contributed by atoms with Crippen molar-refractivity contribution >= 4 is 17.9 Å². The van der Waals surface area contributed by atoms with Crippen LogP contribution in [0.1, 0.15) is 239 Å². The third kappa shape index (κ3) is 47.7. The first-order valence-electron chi connectivity index (χ1n) is 25.4. The second-order valence-corrected chi connectivity index (χ2v) is 16.7. The van der Waals surface area contributed by atoms with Gasteiger partial charge in [0, 0.05) is 19.3 Å². The van der Waals surface area contributed by atoms with Crippen LogP contribution in [-0.4, -0.2) is 37.2 Å². The maximum atomic E-state index is 12.7. The molecule has 350 valence electrons. The molecule has 0 radical (unpaired) electrons. The van der Waals surface area contributed by atoms with Gasteiger partial charge in [-0.1, -0.05) is 209 Å². The fourth-order valence-corrected chi connectivity index (χ4v) is 6.86. The van der Waals surface area contributed by atoms with E-state index in [1.54, 1.807) is 0 Å². The van der Waals surface area contributed by atoms with E-state index in [1.165, 1.54) is 89.9 Å². The van der Waals surface area contributed by atoms with Crippen molar-refractivity contribution in [2.45, 2.75) is 245 Å². The first-order valence-corrected chi connectivity index (χ1v) is 25.4. The van der Waals surface area contributed by atoms with Gasteiger partial charge in [0.1, 0.15) is 13.2 Å². The van der Waals surface area contributed by atoms with Crippen LogP contribution in [0.4, 0.5) is 0 Å². The van der Waals surface area contributed by atoms with Gasteiger partial charge < -0.3 is 14.2 Å². The lowest BCUT2D eigenvalue weighted by Crippen LogP contribution is -2.30. The Morgan fingerprint density at radius 3 is 1.05 bits per heavy atom. The number of allylic oxidation sites excluding steroid dienone is 12. The second-order valence-electron chi connectivity index (χ2n) is 16.7. The van der Waals surface area contributed by atoms with Crippen molar-refractivity contribution in [1.82, 2.24) is 0 Å². The Labute approximate surface area is 376 Å². The first kappa shape index (κ1) is 57.9. The van der Waals surface area contributed by atoms with Gasteiger partial charge in [-0.3, -0.25) is 14.4 Å². The summed E-state index contributed by atoms with van der Waals surface area (Å²) in [5.41, 5.74) is 0. The third-order valence-corrected chi connectivity index (χ3v) is 10.7. The summed E-state index contributed by atoms with van der Waals surface area (Å²) in [6, 6.07) is 0. The van der Waals surface area contributed by atoms with E-state index < -0.39 is 6.10 Å². The molecule has 0 spiro atoms. The number of ether oxygens (including phenoxy) is 3. The summed E-state index contributed by atoms with van der Waals surface area (Å²) in [6.45, 7) is 6.41. The Kier molecular flexibility index (Phi) is 46.9. The predicted molar refractivity (Wildman–Crippen MR) is 261 cm³/mol. The number of unbranched alkanes of at least 4 members (excludes halogenated alkanes) is 22. The maximum absolute atomic E-state index is 12.7. The average Bonchev–Trinajstić information content (AvgIpc) is 3.26. The lowest BCUT2D eigenvalue weighted by molar-refractivity contribution is -0.167. The molecular weight excluding hydrogens is 757 g/mol. The Morgan fingerprint density at radius 2 is 0.656 bits per heavy atom. The third-order valence-electron chi connectivity index (χ3n) is 10.7. The van der Waals surface area contributed by atoms with Gasteiger partial charge in [-0.15, -0.1) is 0 Å². The van der Waals surface area contributed by atoms with Crippen LogP contribution in [0.5, 0.6) is 0 Å². The van der Waals surface area contributed by atoms with Crippen LogP contribution in [0, 0.1) is 0 Å². The fraction of sp³-hybridized carbons (Fsp3) is 0.727. The molecular formula is C55H94O6. The van der Waals surface area contributed by atoms with Gasteiger partial charge >= 0.3 is 17.9 Å². The van der Waals surface area contributed by atoms with Crippen LogP contribution in [0.15, 0.2) is 72.9 Å². The summed E-state index contributed by atoms with van der Waals surface area (Å²) in [5.74, 6) is -0.911. The van der Waals surface area contributed by atoms with E-state index in [9.17, 15) is 14.4 Å². The molecule has 0 aromatic carbocycles. The normalized spacial score (nSPS) is 12.6. The highest BCUT2D eigenvalue weighted by atomic mass is 16.6. The Hall–Kier alpha value is -3.15. The minimum atomic E-state index is -0.780. The van der Waals surface area contributed by atoms with Gasteiger partial charge in [0.05, 0.1) is 0 Å². The van der Waals surface area contributed by atoms with Crippen molar-refractivity contribution in [1.29, 1.82) is 0 Å². The molecule has 0 amide bonds. The molecule has 0 aliphatic rings. The molecule has 0 saturated heterocycles. The molecule has 0 bridgehead atoms. The van der Waals surface area contributed by atoms with Crippen molar-refractivity contribution in [3.63, 3.8) is 0 Å². The van der Waals surface area contributed by atoms with E-state index >= 15 is 0 Å². The lowest BCUT2D eigenvalue weighted by Gasteiger charge is -2.18. The molecule has 0 aliphatic heterocycles. The maximum Gasteiger partial charge on any atom is 0.306 e. The molecule has 0 heterocycles. The zero-order valence-electron chi connectivity index (χ0n) is 39.9. The summed E-state index contributed by atoms with van der Waals surface area (Å²) in [6.07, 6.45) is 62.0. The Morgan fingerprint density at radius 1 is 0.344 bits per heavy atom. The van der Waals surface area contributed by atoms with Gasteiger partial charge in [-0.25, -0.2) is 0 Å².